The average molecular weight is 412 g/mol. The van der Waals surface area contributed by atoms with Crippen molar-refractivity contribution in [1.29, 1.82) is 0 Å². The van der Waals surface area contributed by atoms with Crippen molar-refractivity contribution in [1.82, 2.24) is 5.32 Å². The normalized spacial score (nSPS) is 10.2. The molecule has 0 aliphatic heterocycles. The van der Waals surface area contributed by atoms with Crippen molar-refractivity contribution in [3.63, 3.8) is 0 Å². The van der Waals surface area contributed by atoms with Crippen LogP contribution in [-0.4, -0.2) is 37.5 Å². The van der Waals surface area contributed by atoms with E-state index in [2.05, 4.69) is 10.6 Å². The van der Waals surface area contributed by atoms with Gasteiger partial charge in [-0.2, -0.15) is 0 Å². The highest BCUT2D eigenvalue weighted by Crippen LogP contribution is 2.21. The lowest BCUT2D eigenvalue weighted by Gasteiger charge is -2.13. The van der Waals surface area contributed by atoms with Crippen LogP contribution in [0.4, 0.5) is 5.69 Å². The van der Waals surface area contributed by atoms with E-state index >= 15 is 0 Å². The zero-order valence-electron chi connectivity index (χ0n) is 17.6. The minimum absolute atomic E-state index is 0.145. The van der Waals surface area contributed by atoms with Crippen molar-refractivity contribution in [3.05, 3.63) is 59.2 Å². The fraction of sp³-hybridized carbons (Fsp3) is 0.348. The van der Waals surface area contributed by atoms with E-state index in [1.54, 1.807) is 0 Å². The smallest absolute Gasteiger partial charge is 0.306 e. The van der Waals surface area contributed by atoms with Gasteiger partial charge < -0.3 is 20.1 Å². The Bertz CT molecular complexity index is 857. The molecule has 2 amide bonds. The Labute approximate surface area is 176 Å². The summed E-state index contributed by atoms with van der Waals surface area (Å²) in [6, 6.07) is 13.2. The maximum absolute atomic E-state index is 12.1. The number of esters is 1. The van der Waals surface area contributed by atoms with Gasteiger partial charge in [-0.05, 0) is 50.5 Å². The molecule has 0 bridgehead atoms. The van der Waals surface area contributed by atoms with Crippen LogP contribution >= 0.6 is 0 Å². The molecule has 0 fully saturated rings. The number of amides is 2. The van der Waals surface area contributed by atoms with E-state index in [4.69, 9.17) is 9.47 Å². The molecule has 0 atom stereocenters. The van der Waals surface area contributed by atoms with Gasteiger partial charge >= 0.3 is 5.97 Å². The lowest BCUT2D eigenvalue weighted by molar-refractivity contribution is -0.148. The quantitative estimate of drug-likeness (QED) is 0.462. The van der Waals surface area contributed by atoms with Gasteiger partial charge in [-0.1, -0.05) is 35.9 Å². The van der Waals surface area contributed by atoms with Crippen LogP contribution in [0.25, 0.3) is 0 Å². The lowest BCUT2D eigenvalue weighted by atomic mass is 10.1. The van der Waals surface area contributed by atoms with Gasteiger partial charge in [0.15, 0.2) is 6.61 Å². The summed E-state index contributed by atoms with van der Waals surface area (Å²) >= 11 is 0. The fourth-order valence-corrected chi connectivity index (χ4v) is 2.93. The van der Waals surface area contributed by atoms with Crippen molar-refractivity contribution in [2.45, 2.75) is 33.6 Å². The van der Waals surface area contributed by atoms with Crippen LogP contribution in [0.15, 0.2) is 42.5 Å². The van der Waals surface area contributed by atoms with Gasteiger partial charge in [-0.15, -0.1) is 0 Å². The number of benzene rings is 2. The highest BCUT2D eigenvalue weighted by Gasteiger charge is 2.11. The molecule has 30 heavy (non-hydrogen) atoms. The highest BCUT2D eigenvalue weighted by atomic mass is 16.5. The summed E-state index contributed by atoms with van der Waals surface area (Å²) < 4.78 is 10.4. The summed E-state index contributed by atoms with van der Waals surface area (Å²) in [5.74, 6) is -0.629. The third kappa shape index (κ3) is 7.95. The molecule has 0 radical (unpaired) electrons. The third-order valence-electron chi connectivity index (χ3n) is 4.29. The topological polar surface area (TPSA) is 93.7 Å². The molecule has 0 aromatic heterocycles. The number of hydrogen-bond donors (Lipinski definition) is 2. The van der Waals surface area contributed by atoms with Crippen molar-refractivity contribution in [3.8, 4) is 5.75 Å². The monoisotopic (exact) mass is 412 g/mol. The second-order valence-electron chi connectivity index (χ2n) is 7.02. The van der Waals surface area contributed by atoms with Gasteiger partial charge in [0.1, 0.15) is 5.75 Å². The number of ether oxygens (including phenoxy) is 2. The maximum atomic E-state index is 12.1. The van der Waals surface area contributed by atoms with Gasteiger partial charge in [-0.3, -0.25) is 14.4 Å². The number of carbonyl (C=O) groups excluding carboxylic acids is 3. The standard InChI is InChI=1S/C23H28N2O5/c1-16-12-17(2)23(18(3)13-16)25-20(26)14-24-21(27)15-30-22(28)10-7-11-29-19-8-5-4-6-9-19/h4-6,8-9,12-13H,7,10-11,14-15H2,1-3H3,(H,24,27)(H,25,26). The molecule has 7 heteroatoms. The van der Waals surface area contributed by atoms with Gasteiger partial charge in [0.2, 0.25) is 5.91 Å². The molecule has 2 aromatic rings. The zero-order chi connectivity index (χ0) is 21.9. The summed E-state index contributed by atoms with van der Waals surface area (Å²) in [5, 5.41) is 5.24. The molecule has 160 valence electrons. The predicted molar refractivity (Wildman–Crippen MR) is 114 cm³/mol. The summed E-state index contributed by atoms with van der Waals surface area (Å²) in [4.78, 5) is 35.6. The van der Waals surface area contributed by atoms with Gasteiger partial charge in [0.25, 0.3) is 5.91 Å². The molecular weight excluding hydrogens is 384 g/mol. The second-order valence-corrected chi connectivity index (χ2v) is 7.02. The summed E-state index contributed by atoms with van der Waals surface area (Å²) in [6.45, 7) is 5.58. The number of anilines is 1. The highest BCUT2D eigenvalue weighted by molar-refractivity contribution is 5.96. The van der Waals surface area contributed by atoms with E-state index in [0.29, 0.717) is 13.0 Å². The SMILES string of the molecule is Cc1cc(C)c(NC(=O)CNC(=O)COC(=O)CCCOc2ccccc2)c(C)c1. The average Bonchev–Trinajstić information content (AvgIpc) is 2.71. The number of carbonyl (C=O) groups is 3. The first kappa shape index (κ1) is 22.9. The van der Waals surface area contributed by atoms with Crippen LogP contribution in [0.1, 0.15) is 29.5 Å². The molecule has 0 unspecified atom stereocenters. The van der Waals surface area contributed by atoms with E-state index < -0.39 is 18.5 Å². The molecule has 2 N–H and O–H groups in total. The molecule has 0 spiro atoms. The van der Waals surface area contributed by atoms with Crippen LogP contribution in [0, 0.1) is 20.8 Å². The summed E-state index contributed by atoms with van der Waals surface area (Å²) in [5.41, 5.74) is 3.77. The van der Waals surface area contributed by atoms with Crippen molar-refractivity contribution in [2.75, 3.05) is 25.1 Å². The Morgan fingerprint density at radius 2 is 1.60 bits per heavy atom. The van der Waals surface area contributed by atoms with E-state index in [1.807, 2.05) is 63.2 Å². The molecule has 0 heterocycles. The predicted octanol–water partition coefficient (Wildman–Crippen LogP) is 3.07. The van der Waals surface area contributed by atoms with Crippen molar-refractivity contribution in [2.24, 2.45) is 0 Å². The minimum Gasteiger partial charge on any atom is -0.494 e. The Morgan fingerprint density at radius 1 is 0.933 bits per heavy atom. The van der Waals surface area contributed by atoms with Gasteiger partial charge in [0.05, 0.1) is 13.2 Å². The number of rotatable bonds is 10. The van der Waals surface area contributed by atoms with Crippen LogP contribution in [0.3, 0.4) is 0 Å². The number of para-hydroxylation sites is 1. The van der Waals surface area contributed by atoms with Crippen molar-refractivity contribution < 1.29 is 23.9 Å². The fourth-order valence-electron chi connectivity index (χ4n) is 2.93. The molecule has 0 saturated carbocycles. The molecule has 7 nitrogen and oxygen atoms in total. The Balaban J connectivity index is 1.61. The van der Waals surface area contributed by atoms with E-state index in [1.165, 1.54) is 0 Å². The first-order valence-corrected chi connectivity index (χ1v) is 9.83. The minimum atomic E-state index is -0.531. The first-order valence-electron chi connectivity index (χ1n) is 9.83. The number of hydrogen-bond acceptors (Lipinski definition) is 5. The van der Waals surface area contributed by atoms with Crippen LogP contribution in [-0.2, 0) is 19.1 Å². The lowest BCUT2D eigenvalue weighted by Crippen LogP contribution is -2.35. The zero-order valence-corrected chi connectivity index (χ0v) is 17.6. The molecule has 2 rings (SSSR count). The Morgan fingerprint density at radius 3 is 2.27 bits per heavy atom. The Kier molecular flexibility index (Phi) is 8.87. The molecule has 0 saturated heterocycles. The largest absolute Gasteiger partial charge is 0.494 e. The Hall–Kier alpha value is -3.35. The number of nitrogens with one attached hydrogen (secondary N) is 2. The van der Waals surface area contributed by atoms with E-state index in [9.17, 15) is 14.4 Å². The van der Waals surface area contributed by atoms with Crippen LogP contribution < -0.4 is 15.4 Å². The molecule has 2 aromatic carbocycles. The summed E-state index contributed by atoms with van der Waals surface area (Å²) in [6.07, 6.45) is 0.625. The molecular formula is C23H28N2O5. The maximum Gasteiger partial charge on any atom is 0.306 e. The first-order chi connectivity index (χ1) is 14.3. The van der Waals surface area contributed by atoms with Crippen LogP contribution in [0.2, 0.25) is 0 Å². The van der Waals surface area contributed by atoms with E-state index in [-0.39, 0.29) is 18.9 Å². The number of aryl methyl sites for hydroxylation is 3. The second kappa shape index (κ2) is 11.6. The van der Waals surface area contributed by atoms with Crippen LogP contribution in [0.5, 0.6) is 5.75 Å². The van der Waals surface area contributed by atoms with Gasteiger partial charge in [0, 0.05) is 12.1 Å². The van der Waals surface area contributed by atoms with E-state index in [0.717, 1.165) is 28.1 Å². The van der Waals surface area contributed by atoms with Crippen molar-refractivity contribution >= 4 is 23.5 Å². The van der Waals surface area contributed by atoms with Gasteiger partial charge in [-0.25, -0.2) is 0 Å². The third-order valence-corrected chi connectivity index (χ3v) is 4.29. The molecule has 0 aliphatic rings. The molecule has 0 aliphatic carbocycles. The summed E-state index contributed by atoms with van der Waals surface area (Å²) in [7, 11) is 0.